The van der Waals surface area contributed by atoms with Crippen LogP contribution in [0.4, 0.5) is 0 Å². The van der Waals surface area contributed by atoms with Crippen LogP contribution in [0.5, 0.6) is 11.5 Å². The van der Waals surface area contributed by atoms with Gasteiger partial charge in [0.05, 0.1) is 30.7 Å². The van der Waals surface area contributed by atoms with Crippen LogP contribution in [0.25, 0.3) is 44.6 Å². The molecule has 0 unspecified atom stereocenters. The molecule has 0 aliphatic heterocycles. The van der Waals surface area contributed by atoms with E-state index in [0.717, 1.165) is 0 Å². The summed E-state index contributed by atoms with van der Waals surface area (Å²) in [6.45, 7) is 0. The van der Waals surface area contributed by atoms with Crippen molar-refractivity contribution in [3.63, 3.8) is 0 Å². The maximum Gasteiger partial charge on any atom is 0.346 e. The van der Waals surface area contributed by atoms with Crippen molar-refractivity contribution in [2.75, 3.05) is 14.2 Å². The van der Waals surface area contributed by atoms with E-state index in [4.69, 9.17) is 23.0 Å². The molecule has 0 atom stereocenters. The van der Waals surface area contributed by atoms with Gasteiger partial charge >= 0.3 is 11.9 Å². The monoisotopic (exact) mass is 574 g/mol. The number of carbonyl (C=O) groups is 2. The molecule has 212 valence electrons. The van der Waals surface area contributed by atoms with Gasteiger partial charge in [-0.25, -0.2) is 9.59 Å². The Hall–Kier alpha value is -5.96. The van der Waals surface area contributed by atoms with Gasteiger partial charge in [0, 0.05) is 23.3 Å². The summed E-state index contributed by atoms with van der Waals surface area (Å²) in [5, 5.41) is 0.723. The fourth-order valence-electron chi connectivity index (χ4n) is 4.64. The highest BCUT2D eigenvalue weighted by atomic mass is 16.6. The molecule has 6 rings (SSSR count). The van der Waals surface area contributed by atoms with Gasteiger partial charge in [0.15, 0.2) is 10.9 Å². The third kappa shape index (κ3) is 5.27. The molecule has 0 N–H and O–H groups in total. The van der Waals surface area contributed by atoms with Crippen molar-refractivity contribution < 1.29 is 32.6 Å². The van der Waals surface area contributed by atoms with Crippen molar-refractivity contribution in [1.82, 2.24) is 0 Å². The zero-order chi connectivity index (χ0) is 30.1. The number of carbonyl (C=O) groups excluding carboxylic acids is 2. The summed E-state index contributed by atoms with van der Waals surface area (Å²) < 4.78 is 27.2. The van der Waals surface area contributed by atoms with Crippen molar-refractivity contribution in [3.8, 4) is 34.1 Å². The standard InChI is InChI=1S/C34H22O9/c1-39-23-14-15-27-24(16-23)25(35)17-30(41-27)19-6-10-21(11-7-19)33(37)43-34(38)22-12-8-20(9-13-22)31-18-26(36)32-28(40-2)4-3-5-29(32)42-31/h3-18H,1-2H3. The Kier molecular flexibility index (Phi) is 7.05. The van der Waals surface area contributed by atoms with Crippen LogP contribution in [-0.2, 0) is 4.74 Å². The Bertz CT molecular complexity index is 2140. The largest absolute Gasteiger partial charge is 0.497 e. The van der Waals surface area contributed by atoms with E-state index >= 15 is 0 Å². The van der Waals surface area contributed by atoms with Gasteiger partial charge in [-0.15, -0.1) is 0 Å². The Morgan fingerprint density at radius 1 is 0.605 bits per heavy atom. The second kappa shape index (κ2) is 11.1. The summed E-state index contributed by atoms with van der Waals surface area (Å²) in [7, 11) is 2.99. The van der Waals surface area contributed by atoms with Gasteiger partial charge in [-0.05, 0) is 54.6 Å². The molecule has 43 heavy (non-hydrogen) atoms. The van der Waals surface area contributed by atoms with Gasteiger partial charge < -0.3 is 23.0 Å². The van der Waals surface area contributed by atoms with Crippen molar-refractivity contribution in [3.05, 3.63) is 129 Å². The van der Waals surface area contributed by atoms with Crippen LogP contribution < -0.4 is 20.3 Å². The first-order chi connectivity index (χ1) is 20.8. The van der Waals surface area contributed by atoms with Crippen molar-refractivity contribution in [2.24, 2.45) is 0 Å². The molecule has 2 aromatic heterocycles. The zero-order valence-corrected chi connectivity index (χ0v) is 22.9. The smallest absolute Gasteiger partial charge is 0.346 e. The molecule has 0 aliphatic rings. The molecule has 0 radical (unpaired) electrons. The van der Waals surface area contributed by atoms with E-state index in [9.17, 15) is 19.2 Å². The minimum Gasteiger partial charge on any atom is -0.497 e. The number of fused-ring (bicyclic) bond motifs is 2. The third-order valence-electron chi connectivity index (χ3n) is 6.87. The first-order valence-electron chi connectivity index (χ1n) is 13.0. The van der Waals surface area contributed by atoms with Crippen LogP contribution in [0.1, 0.15) is 20.7 Å². The maximum absolute atomic E-state index is 12.7. The molecule has 9 heteroatoms. The van der Waals surface area contributed by atoms with Crippen LogP contribution in [0.15, 0.2) is 115 Å². The Morgan fingerprint density at radius 3 is 1.77 bits per heavy atom. The molecule has 9 nitrogen and oxygen atoms in total. The Labute approximate surface area is 243 Å². The molecule has 2 heterocycles. The maximum atomic E-state index is 12.7. The molecule has 0 bridgehead atoms. The molecule has 0 amide bonds. The summed E-state index contributed by atoms with van der Waals surface area (Å²) >= 11 is 0. The van der Waals surface area contributed by atoms with E-state index in [1.165, 1.54) is 50.6 Å². The highest BCUT2D eigenvalue weighted by Gasteiger charge is 2.17. The average molecular weight is 575 g/mol. The van der Waals surface area contributed by atoms with Crippen LogP contribution in [0.3, 0.4) is 0 Å². The fourth-order valence-corrected chi connectivity index (χ4v) is 4.64. The minimum atomic E-state index is -0.846. The van der Waals surface area contributed by atoms with Gasteiger partial charge in [0.2, 0.25) is 0 Å². The van der Waals surface area contributed by atoms with E-state index in [-0.39, 0.29) is 22.0 Å². The molecule has 0 saturated carbocycles. The quantitative estimate of drug-likeness (QED) is 0.168. The number of methoxy groups -OCH3 is 2. The number of esters is 2. The zero-order valence-electron chi connectivity index (χ0n) is 22.9. The first kappa shape index (κ1) is 27.2. The topological polar surface area (TPSA) is 122 Å². The van der Waals surface area contributed by atoms with Crippen LogP contribution in [-0.4, -0.2) is 26.2 Å². The highest BCUT2D eigenvalue weighted by molar-refractivity contribution is 6.03. The van der Waals surface area contributed by atoms with Gasteiger partial charge in [-0.1, -0.05) is 30.3 Å². The summed E-state index contributed by atoms with van der Waals surface area (Å²) in [6, 6.07) is 25.0. The van der Waals surface area contributed by atoms with Gasteiger partial charge in [-0.2, -0.15) is 0 Å². The van der Waals surface area contributed by atoms with Crippen LogP contribution in [0, 0.1) is 0 Å². The molecular weight excluding hydrogens is 552 g/mol. The molecular formula is C34H22O9. The predicted octanol–water partition coefficient (Wildman–Crippen LogP) is 6.25. The summed E-state index contributed by atoms with van der Waals surface area (Å²) in [5.74, 6) is -0.107. The van der Waals surface area contributed by atoms with Gasteiger partial charge in [0.25, 0.3) is 0 Å². The van der Waals surface area contributed by atoms with E-state index in [1.54, 1.807) is 60.7 Å². The fraction of sp³-hybridized carbons (Fsp3) is 0.0588. The van der Waals surface area contributed by atoms with Gasteiger partial charge in [0.1, 0.15) is 39.6 Å². The van der Waals surface area contributed by atoms with E-state index in [2.05, 4.69) is 0 Å². The SMILES string of the molecule is COc1ccc2oc(-c3ccc(C(=O)OC(=O)c4ccc(-c5cc(=O)c6c(OC)cccc6o5)cc4)cc3)cc(=O)c2c1. The normalized spacial score (nSPS) is 10.9. The van der Waals surface area contributed by atoms with E-state index < -0.39 is 11.9 Å². The number of hydrogen-bond acceptors (Lipinski definition) is 9. The third-order valence-corrected chi connectivity index (χ3v) is 6.87. The first-order valence-corrected chi connectivity index (χ1v) is 13.0. The molecule has 4 aromatic carbocycles. The molecule has 0 saturated heterocycles. The summed E-state index contributed by atoms with van der Waals surface area (Å²) in [6.07, 6.45) is 0. The number of hydrogen-bond donors (Lipinski definition) is 0. The van der Waals surface area contributed by atoms with E-state index in [0.29, 0.717) is 56.1 Å². The summed E-state index contributed by atoms with van der Waals surface area (Å²) in [4.78, 5) is 50.7. The van der Waals surface area contributed by atoms with Gasteiger partial charge in [-0.3, -0.25) is 9.59 Å². The van der Waals surface area contributed by atoms with Crippen LogP contribution >= 0.6 is 0 Å². The van der Waals surface area contributed by atoms with Crippen molar-refractivity contribution in [1.29, 1.82) is 0 Å². The lowest BCUT2D eigenvalue weighted by molar-refractivity contribution is 0.0397. The lowest BCUT2D eigenvalue weighted by Gasteiger charge is -2.08. The van der Waals surface area contributed by atoms with Crippen molar-refractivity contribution >= 4 is 33.9 Å². The molecule has 0 spiro atoms. The second-order valence-corrected chi connectivity index (χ2v) is 9.48. The van der Waals surface area contributed by atoms with Crippen LogP contribution in [0.2, 0.25) is 0 Å². The average Bonchev–Trinajstić information content (AvgIpc) is 3.04. The lowest BCUT2D eigenvalue weighted by atomic mass is 10.1. The predicted molar refractivity (Wildman–Crippen MR) is 159 cm³/mol. The lowest BCUT2D eigenvalue weighted by Crippen LogP contribution is -2.12. The van der Waals surface area contributed by atoms with E-state index in [1.807, 2.05) is 0 Å². The number of benzene rings is 4. The molecule has 0 fully saturated rings. The molecule has 6 aromatic rings. The summed E-state index contributed by atoms with van der Waals surface area (Å²) in [5.41, 5.74) is 1.64. The minimum absolute atomic E-state index is 0.132. The Balaban J connectivity index is 1.16. The van der Waals surface area contributed by atoms with Crippen molar-refractivity contribution in [2.45, 2.75) is 0 Å². The highest BCUT2D eigenvalue weighted by Crippen LogP contribution is 2.28. The second-order valence-electron chi connectivity index (χ2n) is 9.48. The number of rotatable bonds is 6. The number of ether oxygens (including phenoxy) is 3. The Morgan fingerprint density at radius 2 is 1.19 bits per heavy atom. The molecule has 0 aliphatic carbocycles.